The van der Waals surface area contributed by atoms with Crippen LogP contribution in [0.2, 0.25) is 0 Å². The first-order valence-corrected chi connectivity index (χ1v) is 10.5. The van der Waals surface area contributed by atoms with E-state index < -0.39 is 11.7 Å². The molecule has 2 aromatic carbocycles. The summed E-state index contributed by atoms with van der Waals surface area (Å²) in [6.45, 7) is 1.35. The number of carbonyl (C=O) groups excluding carboxylic acids is 2. The zero-order valence-electron chi connectivity index (χ0n) is 17.8. The summed E-state index contributed by atoms with van der Waals surface area (Å²) in [4.78, 5) is 27.8. The smallest absolute Gasteiger partial charge is 0.253 e. The van der Waals surface area contributed by atoms with Gasteiger partial charge in [0, 0.05) is 42.7 Å². The second-order valence-corrected chi connectivity index (χ2v) is 8.23. The molecule has 1 aliphatic carbocycles. The highest BCUT2D eigenvalue weighted by Gasteiger charge is 2.42. The molecule has 7 heteroatoms. The number of ether oxygens (including phenoxy) is 2. The van der Waals surface area contributed by atoms with Crippen LogP contribution in [0.25, 0.3) is 0 Å². The SMILES string of the molecule is COc1ccc(C2CN(C(=O)c3ccc(F)cc3)CC2C(=O)NCC2CC2)c(OC)c1. The van der Waals surface area contributed by atoms with Crippen LogP contribution in [-0.2, 0) is 4.79 Å². The van der Waals surface area contributed by atoms with Gasteiger partial charge >= 0.3 is 0 Å². The van der Waals surface area contributed by atoms with E-state index in [0.29, 0.717) is 42.6 Å². The summed E-state index contributed by atoms with van der Waals surface area (Å²) in [5.74, 6) is 0.578. The molecule has 2 atom stereocenters. The van der Waals surface area contributed by atoms with Crippen LogP contribution in [0.1, 0.15) is 34.7 Å². The van der Waals surface area contributed by atoms with Crippen LogP contribution in [-0.4, -0.2) is 50.6 Å². The van der Waals surface area contributed by atoms with Gasteiger partial charge in [-0.05, 0) is 49.1 Å². The molecule has 164 valence electrons. The number of carbonyl (C=O) groups is 2. The van der Waals surface area contributed by atoms with E-state index in [2.05, 4.69) is 5.32 Å². The van der Waals surface area contributed by atoms with Crippen molar-refractivity contribution < 1.29 is 23.5 Å². The van der Waals surface area contributed by atoms with Gasteiger partial charge in [-0.3, -0.25) is 9.59 Å². The van der Waals surface area contributed by atoms with Crippen LogP contribution < -0.4 is 14.8 Å². The van der Waals surface area contributed by atoms with E-state index in [1.165, 1.54) is 24.3 Å². The summed E-state index contributed by atoms with van der Waals surface area (Å²) in [6.07, 6.45) is 2.30. The summed E-state index contributed by atoms with van der Waals surface area (Å²) in [7, 11) is 3.16. The van der Waals surface area contributed by atoms with E-state index in [-0.39, 0.29) is 17.7 Å². The molecule has 0 spiro atoms. The highest BCUT2D eigenvalue weighted by Crippen LogP contribution is 2.40. The van der Waals surface area contributed by atoms with E-state index in [1.807, 2.05) is 12.1 Å². The maximum absolute atomic E-state index is 13.3. The van der Waals surface area contributed by atoms with E-state index in [1.54, 1.807) is 25.2 Å². The van der Waals surface area contributed by atoms with Gasteiger partial charge in [0.1, 0.15) is 17.3 Å². The number of hydrogen-bond acceptors (Lipinski definition) is 4. The molecule has 4 rings (SSSR count). The van der Waals surface area contributed by atoms with Gasteiger partial charge in [-0.2, -0.15) is 0 Å². The third kappa shape index (κ3) is 4.65. The van der Waals surface area contributed by atoms with Gasteiger partial charge < -0.3 is 19.7 Å². The van der Waals surface area contributed by atoms with E-state index in [9.17, 15) is 14.0 Å². The van der Waals surface area contributed by atoms with Crippen LogP contribution in [0, 0.1) is 17.7 Å². The Hall–Kier alpha value is -3.09. The normalized spacial score (nSPS) is 20.4. The fraction of sp³-hybridized carbons (Fsp3) is 0.417. The standard InChI is InChI=1S/C24H27FN2O4/c1-30-18-9-10-19(22(11-18)31-2)20-13-27(24(29)16-5-7-17(25)8-6-16)14-21(20)23(28)26-12-15-3-4-15/h5-11,15,20-21H,3-4,12-14H2,1-2H3,(H,26,28). The summed E-state index contributed by atoms with van der Waals surface area (Å²) >= 11 is 0. The zero-order chi connectivity index (χ0) is 22.0. The highest BCUT2D eigenvalue weighted by molar-refractivity contribution is 5.95. The Kier molecular flexibility index (Phi) is 6.11. The predicted octanol–water partition coefficient (Wildman–Crippen LogP) is 3.22. The zero-order valence-corrected chi connectivity index (χ0v) is 17.8. The van der Waals surface area contributed by atoms with Gasteiger partial charge in [0.2, 0.25) is 5.91 Å². The van der Waals surface area contributed by atoms with Gasteiger partial charge in [-0.15, -0.1) is 0 Å². The minimum atomic E-state index is -0.398. The Morgan fingerprint density at radius 3 is 2.45 bits per heavy atom. The second-order valence-electron chi connectivity index (χ2n) is 8.23. The first-order valence-electron chi connectivity index (χ1n) is 10.5. The van der Waals surface area contributed by atoms with Crippen LogP contribution >= 0.6 is 0 Å². The van der Waals surface area contributed by atoms with Gasteiger partial charge in [-0.25, -0.2) is 4.39 Å². The number of likely N-dealkylation sites (tertiary alicyclic amines) is 1. The number of methoxy groups -OCH3 is 2. The van der Waals surface area contributed by atoms with Gasteiger partial charge in [-0.1, -0.05) is 6.07 Å². The Balaban J connectivity index is 1.61. The van der Waals surface area contributed by atoms with Crippen molar-refractivity contribution in [3.05, 3.63) is 59.4 Å². The number of benzene rings is 2. The lowest BCUT2D eigenvalue weighted by Crippen LogP contribution is -2.36. The molecular formula is C24H27FN2O4. The average molecular weight is 426 g/mol. The molecule has 31 heavy (non-hydrogen) atoms. The first kappa shape index (κ1) is 21.2. The van der Waals surface area contributed by atoms with Crippen LogP contribution in [0.3, 0.4) is 0 Å². The van der Waals surface area contributed by atoms with Crippen molar-refractivity contribution in [2.75, 3.05) is 33.9 Å². The second kappa shape index (κ2) is 8.96. The Morgan fingerprint density at radius 1 is 1.06 bits per heavy atom. The molecule has 0 aromatic heterocycles. The highest BCUT2D eigenvalue weighted by atomic mass is 19.1. The Bertz CT molecular complexity index is 959. The molecule has 6 nitrogen and oxygen atoms in total. The number of amides is 2. The first-order chi connectivity index (χ1) is 15.0. The van der Waals surface area contributed by atoms with Gasteiger partial charge in [0.05, 0.1) is 20.1 Å². The lowest BCUT2D eigenvalue weighted by molar-refractivity contribution is -0.125. The fourth-order valence-electron chi connectivity index (χ4n) is 4.15. The average Bonchev–Trinajstić information content (AvgIpc) is 3.53. The lowest BCUT2D eigenvalue weighted by atomic mass is 9.87. The number of rotatable bonds is 7. The number of hydrogen-bond donors (Lipinski definition) is 1. The quantitative estimate of drug-likeness (QED) is 0.738. The molecule has 1 saturated heterocycles. The van der Waals surface area contributed by atoms with E-state index in [0.717, 1.165) is 18.4 Å². The molecule has 1 heterocycles. The molecule has 2 aromatic rings. The molecule has 2 unspecified atom stereocenters. The monoisotopic (exact) mass is 426 g/mol. The van der Waals surface area contributed by atoms with E-state index in [4.69, 9.17) is 9.47 Å². The van der Waals surface area contributed by atoms with E-state index >= 15 is 0 Å². The summed E-state index contributed by atoms with van der Waals surface area (Å²) in [5, 5.41) is 3.06. The minimum absolute atomic E-state index is 0.0517. The van der Waals surface area contributed by atoms with Crippen LogP contribution in [0.15, 0.2) is 42.5 Å². The van der Waals surface area contributed by atoms with Crippen molar-refractivity contribution in [2.24, 2.45) is 11.8 Å². The van der Waals surface area contributed by atoms with Crippen LogP contribution in [0.5, 0.6) is 11.5 Å². The lowest BCUT2D eigenvalue weighted by Gasteiger charge is -2.21. The van der Waals surface area contributed by atoms with Crippen LogP contribution in [0.4, 0.5) is 4.39 Å². The maximum atomic E-state index is 13.3. The molecule has 1 saturated carbocycles. The number of nitrogens with one attached hydrogen (secondary N) is 1. The molecule has 1 aliphatic heterocycles. The molecule has 0 bridgehead atoms. The van der Waals surface area contributed by atoms with Crippen molar-refractivity contribution in [1.29, 1.82) is 0 Å². The number of nitrogens with zero attached hydrogens (tertiary/aromatic N) is 1. The van der Waals surface area contributed by atoms with Crippen molar-refractivity contribution >= 4 is 11.8 Å². The summed E-state index contributed by atoms with van der Waals surface area (Å²) in [6, 6.07) is 11.0. The Morgan fingerprint density at radius 2 is 1.81 bits per heavy atom. The largest absolute Gasteiger partial charge is 0.497 e. The fourth-order valence-corrected chi connectivity index (χ4v) is 4.15. The van der Waals surface area contributed by atoms with Crippen molar-refractivity contribution in [3.63, 3.8) is 0 Å². The minimum Gasteiger partial charge on any atom is -0.497 e. The third-order valence-electron chi connectivity index (χ3n) is 6.14. The van der Waals surface area contributed by atoms with Crippen molar-refractivity contribution in [3.8, 4) is 11.5 Å². The topological polar surface area (TPSA) is 67.9 Å². The summed E-state index contributed by atoms with van der Waals surface area (Å²) < 4.78 is 24.1. The van der Waals surface area contributed by atoms with Gasteiger partial charge in [0.25, 0.3) is 5.91 Å². The molecule has 0 radical (unpaired) electrons. The molecule has 2 fully saturated rings. The maximum Gasteiger partial charge on any atom is 0.253 e. The summed E-state index contributed by atoms with van der Waals surface area (Å²) in [5.41, 5.74) is 1.27. The third-order valence-corrected chi connectivity index (χ3v) is 6.14. The predicted molar refractivity (Wildman–Crippen MR) is 114 cm³/mol. The van der Waals surface area contributed by atoms with Gasteiger partial charge in [0.15, 0.2) is 0 Å². The van der Waals surface area contributed by atoms with Crippen molar-refractivity contribution in [2.45, 2.75) is 18.8 Å². The molecule has 2 amide bonds. The molecule has 1 N–H and O–H groups in total. The van der Waals surface area contributed by atoms with Crippen molar-refractivity contribution in [1.82, 2.24) is 10.2 Å². The molecular weight excluding hydrogens is 399 g/mol. The Labute approximate surface area is 181 Å². The number of halogens is 1. The molecule has 2 aliphatic rings.